The molecule has 4 nitrogen and oxygen atoms in total. The van der Waals surface area contributed by atoms with E-state index in [9.17, 15) is 14.7 Å². The largest absolute Gasteiger partial charge is 0.480 e. The Bertz CT molecular complexity index is 251. The zero-order valence-electron chi connectivity index (χ0n) is 9.28. The monoisotopic (exact) mass is 214 g/mol. The number of hydrogen-bond donors (Lipinski definition) is 1. The standard InChI is InChI=1S/C11H18O4/c1-3-15-10(14)11(9(12)13)6-4-8(2)5-7-11/h8H,3-7H2,1-2H3,(H,12,13). The van der Waals surface area contributed by atoms with Gasteiger partial charge < -0.3 is 9.84 Å². The number of ether oxygens (including phenoxy) is 1. The van der Waals surface area contributed by atoms with E-state index in [-0.39, 0.29) is 6.61 Å². The second kappa shape index (κ2) is 4.64. The van der Waals surface area contributed by atoms with Crippen molar-refractivity contribution >= 4 is 11.9 Å². The summed E-state index contributed by atoms with van der Waals surface area (Å²) in [6, 6.07) is 0. The van der Waals surface area contributed by atoms with Crippen LogP contribution in [0.25, 0.3) is 0 Å². The number of esters is 1. The minimum absolute atomic E-state index is 0.240. The number of rotatable bonds is 3. The van der Waals surface area contributed by atoms with E-state index in [4.69, 9.17) is 4.74 Å². The minimum atomic E-state index is -1.28. The van der Waals surface area contributed by atoms with E-state index in [1.165, 1.54) is 0 Å². The fraction of sp³-hybridized carbons (Fsp3) is 0.818. The van der Waals surface area contributed by atoms with Crippen LogP contribution in [0.1, 0.15) is 39.5 Å². The SMILES string of the molecule is CCOC(=O)C1(C(=O)O)CCC(C)CC1. The van der Waals surface area contributed by atoms with Crippen molar-refractivity contribution in [3.63, 3.8) is 0 Å². The van der Waals surface area contributed by atoms with Crippen molar-refractivity contribution in [1.82, 2.24) is 0 Å². The van der Waals surface area contributed by atoms with Gasteiger partial charge in [-0.25, -0.2) is 0 Å². The maximum Gasteiger partial charge on any atom is 0.323 e. The molecule has 15 heavy (non-hydrogen) atoms. The van der Waals surface area contributed by atoms with E-state index in [1.54, 1.807) is 6.92 Å². The number of carboxylic acids is 1. The van der Waals surface area contributed by atoms with Crippen LogP contribution in [-0.4, -0.2) is 23.7 Å². The van der Waals surface area contributed by atoms with E-state index in [0.717, 1.165) is 12.8 Å². The molecule has 1 rings (SSSR count). The molecule has 0 aromatic carbocycles. The van der Waals surface area contributed by atoms with Gasteiger partial charge in [0.2, 0.25) is 0 Å². The number of carbonyl (C=O) groups excluding carboxylic acids is 1. The van der Waals surface area contributed by atoms with Crippen molar-refractivity contribution in [3.05, 3.63) is 0 Å². The van der Waals surface area contributed by atoms with Crippen molar-refractivity contribution in [2.45, 2.75) is 39.5 Å². The molecule has 0 radical (unpaired) electrons. The lowest BCUT2D eigenvalue weighted by Crippen LogP contribution is -2.43. The van der Waals surface area contributed by atoms with Gasteiger partial charge in [0.05, 0.1) is 6.61 Å². The van der Waals surface area contributed by atoms with Crippen molar-refractivity contribution in [2.75, 3.05) is 6.61 Å². The fourth-order valence-corrected chi connectivity index (χ4v) is 2.03. The molecule has 1 aliphatic carbocycles. The lowest BCUT2D eigenvalue weighted by molar-refractivity contribution is -0.171. The summed E-state index contributed by atoms with van der Waals surface area (Å²) in [6.07, 6.45) is 2.38. The normalized spacial score (nSPS) is 30.9. The molecule has 0 aromatic rings. The van der Waals surface area contributed by atoms with Gasteiger partial charge >= 0.3 is 11.9 Å². The predicted octanol–water partition coefficient (Wildman–Crippen LogP) is 1.83. The molecule has 4 heteroatoms. The van der Waals surface area contributed by atoms with Gasteiger partial charge in [-0.2, -0.15) is 0 Å². The summed E-state index contributed by atoms with van der Waals surface area (Å²) < 4.78 is 4.86. The third kappa shape index (κ3) is 2.30. The number of aliphatic carboxylic acids is 1. The van der Waals surface area contributed by atoms with E-state index >= 15 is 0 Å². The highest BCUT2D eigenvalue weighted by molar-refractivity contribution is 5.99. The van der Waals surface area contributed by atoms with Crippen molar-refractivity contribution in [3.8, 4) is 0 Å². The van der Waals surface area contributed by atoms with Gasteiger partial charge in [-0.1, -0.05) is 6.92 Å². The van der Waals surface area contributed by atoms with Crippen LogP contribution < -0.4 is 0 Å². The summed E-state index contributed by atoms with van der Waals surface area (Å²) in [5.41, 5.74) is -1.28. The number of hydrogen-bond acceptors (Lipinski definition) is 3. The molecule has 0 bridgehead atoms. The first-order valence-electron chi connectivity index (χ1n) is 5.43. The quantitative estimate of drug-likeness (QED) is 0.575. The molecule has 1 N–H and O–H groups in total. The molecular formula is C11H18O4. The van der Waals surface area contributed by atoms with Crippen LogP contribution in [-0.2, 0) is 14.3 Å². The molecule has 86 valence electrons. The maximum absolute atomic E-state index is 11.7. The second-order valence-electron chi connectivity index (χ2n) is 4.29. The van der Waals surface area contributed by atoms with E-state index < -0.39 is 17.4 Å². The Labute approximate surface area is 89.6 Å². The number of carbonyl (C=O) groups is 2. The molecule has 0 saturated heterocycles. The third-order valence-corrected chi connectivity index (χ3v) is 3.20. The Kier molecular flexibility index (Phi) is 3.72. The van der Waals surface area contributed by atoms with Gasteiger partial charge in [0.1, 0.15) is 0 Å². The highest BCUT2D eigenvalue weighted by atomic mass is 16.5. The van der Waals surface area contributed by atoms with Gasteiger partial charge in [-0.3, -0.25) is 9.59 Å². The molecule has 1 saturated carbocycles. The van der Waals surface area contributed by atoms with Gasteiger partial charge in [0.25, 0.3) is 0 Å². The summed E-state index contributed by atoms with van der Waals surface area (Å²) in [4.78, 5) is 22.9. The summed E-state index contributed by atoms with van der Waals surface area (Å²) in [5.74, 6) is -1.09. The Morgan fingerprint density at radius 2 is 1.93 bits per heavy atom. The molecule has 0 unspecified atom stereocenters. The Morgan fingerprint density at radius 1 is 1.40 bits per heavy atom. The predicted molar refractivity (Wildman–Crippen MR) is 54.3 cm³/mol. The maximum atomic E-state index is 11.7. The molecule has 0 aliphatic heterocycles. The summed E-state index contributed by atoms with van der Waals surface area (Å²) >= 11 is 0. The molecule has 1 aliphatic rings. The first-order valence-corrected chi connectivity index (χ1v) is 5.43. The first kappa shape index (κ1) is 12.0. The van der Waals surface area contributed by atoms with E-state index in [1.807, 2.05) is 0 Å². The van der Waals surface area contributed by atoms with Crippen LogP contribution in [0.4, 0.5) is 0 Å². The van der Waals surface area contributed by atoms with Crippen LogP contribution >= 0.6 is 0 Å². The lowest BCUT2D eigenvalue weighted by Gasteiger charge is -2.33. The Hall–Kier alpha value is -1.06. The zero-order valence-corrected chi connectivity index (χ0v) is 9.28. The molecule has 1 fully saturated rings. The van der Waals surface area contributed by atoms with Crippen LogP contribution in [0.2, 0.25) is 0 Å². The topological polar surface area (TPSA) is 63.6 Å². The molecule has 0 atom stereocenters. The highest BCUT2D eigenvalue weighted by Gasteiger charge is 2.49. The number of carboxylic acid groups (broad SMARTS) is 1. The second-order valence-corrected chi connectivity index (χ2v) is 4.29. The van der Waals surface area contributed by atoms with Gasteiger partial charge in [0.15, 0.2) is 5.41 Å². The van der Waals surface area contributed by atoms with Crippen molar-refractivity contribution in [2.24, 2.45) is 11.3 Å². The molecule has 0 heterocycles. The van der Waals surface area contributed by atoms with E-state index in [0.29, 0.717) is 18.8 Å². The van der Waals surface area contributed by atoms with Gasteiger partial charge in [0, 0.05) is 0 Å². The zero-order chi connectivity index (χ0) is 11.5. The van der Waals surface area contributed by atoms with Crippen LogP contribution in [0, 0.1) is 11.3 Å². The highest BCUT2D eigenvalue weighted by Crippen LogP contribution is 2.40. The molecule has 0 amide bonds. The average Bonchev–Trinajstić information content (AvgIpc) is 2.19. The van der Waals surface area contributed by atoms with Crippen LogP contribution in [0.15, 0.2) is 0 Å². The smallest absolute Gasteiger partial charge is 0.323 e. The molecule has 0 spiro atoms. The van der Waals surface area contributed by atoms with E-state index in [2.05, 4.69) is 6.92 Å². The van der Waals surface area contributed by atoms with Gasteiger partial charge in [-0.15, -0.1) is 0 Å². The van der Waals surface area contributed by atoms with Crippen LogP contribution in [0.3, 0.4) is 0 Å². The van der Waals surface area contributed by atoms with Crippen LogP contribution in [0.5, 0.6) is 0 Å². The third-order valence-electron chi connectivity index (χ3n) is 3.20. The minimum Gasteiger partial charge on any atom is -0.480 e. The van der Waals surface area contributed by atoms with Crippen molar-refractivity contribution in [1.29, 1.82) is 0 Å². The van der Waals surface area contributed by atoms with Crippen molar-refractivity contribution < 1.29 is 19.4 Å². The summed E-state index contributed by atoms with van der Waals surface area (Å²) in [5, 5.41) is 9.17. The lowest BCUT2D eigenvalue weighted by atomic mass is 9.71. The summed E-state index contributed by atoms with van der Waals surface area (Å²) in [7, 11) is 0. The average molecular weight is 214 g/mol. The summed E-state index contributed by atoms with van der Waals surface area (Å²) in [6.45, 7) is 4.01. The Morgan fingerprint density at radius 3 is 2.33 bits per heavy atom. The fourth-order valence-electron chi connectivity index (χ4n) is 2.03. The molecular weight excluding hydrogens is 196 g/mol. The first-order chi connectivity index (χ1) is 7.03. The van der Waals surface area contributed by atoms with Gasteiger partial charge in [-0.05, 0) is 38.5 Å². The molecule has 0 aromatic heterocycles. The Balaban J connectivity index is 2.80.